The number of benzene rings is 4. The van der Waals surface area contributed by atoms with E-state index in [4.69, 9.17) is 4.74 Å². The third kappa shape index (κ3) is 3.12. The van der Waals surface area contributed by atoms with E-state index in [2.05, 4.69) is 66.5 Å². The van der Waals surface area contributed by atoms with Gasteiger partial charge in [0.25, 0.3) is 0 Å². The van der Waals surface area contributed by atoms with Crippen LogP contribution in [0.1, 0.15) is 32.2 Å². The Hall–Kier alpha value is -3.96. The van der Waals surface area contributed by atoms with E-state index in [9.17, 15) is 9.59 Å². The molecule has 0 spiro atoms. The molecular weight excluding hydrogens is 450 g/mol. The third-order valence-electron chi connectivity index (χ3n) is 7.40. The van der Waals surface area contributed by atoms with Crippen molar-refractivity contribution in [2.45, 2.75) is 19.0 Å². The summed E-state index contributed by atoms with van der Waals surface area (Å²) in [6.45, 7) is 4.76. The Morgan fingerprint density at radius 1 is 0.714 bits per heavy atom. The van der Waals surface area contributed by atoms with Gasteiger partial charge in [0.2, 0.25) is 0 Å². The molecule has 0 saturated heterocycles. The molecule has 1 aliphatic carbocycles. The summed E-state index contributed by atoms with van der Waals surface area (Å²) in [5.41, 5.74) is 4.86. The summed E-state index contributed by atoms with van der Waals surface area (Å²) in [6.07, 6.45) is 0. The lowest BCUT2D eigenvalue weighted by Crippen LogP contribution is -2.58. The Labute approximate surface area is 205 Å². The molecule has 0 amide bonds. The molecule has 4 aromatic rings. The van der Waals surface area contributed by atoms with Crippen LogP contribution in [0, 0.1) is 0 Å². The van der Waals surface area contributed by atoms with Gasteiger partial charge in [0.15, 0.2) is 11.6 Å². The molecule has 6 rings (SSSR count). The van der Waals surface area contributed by atoms with E-state index in [1.165, 1.54) is 10.4 Å². The average molecular weight is 476 g/mol. The predicted molar refractivity (Wildman–Crippen MR) is 142 cm³/mol. The maximum Gasteiger partial charge on any atom is 0.178 e. The largest absolute Gasteiger partial charge is 0.497 e. The molecule has 5 heteroatoms. The number of para-hydroxylation sites is 2. The molecule has 2 aliphatic rings. The molecule has 0 fully saturated rings. The number of methoxy groups -OCH3 is 1. The average Bonchev–Trinajstić information content (AvgIpc) is 3.13. The zero-order valence-electron chi connectivity index (χ0n) is 19.9. The molecule has 4 nitrogen and oxygen atoms in total. The van der Waals surface area contributed by atoms with Gasteiger partial charge in [-0.15, -0.1) is 0 Å². The van der Waals surface area contributed by atoms with Crippen molar-refractivity contribution in [3.63, 3.8) is 0 Å². The van der Waals surface area contributed by atoms with E-state index >= 15 is 0 Å². The number of ether oxygens (including phenoxy) is 1. The summed E-state index contributed by atoms with van der Waals surface area (Å²) in [5.74, 6) is -0.404. The van der Waals surface area contributed by atoms with E-state index in [0.29, 0.717) is 22.4 Å². The van der Waals surface area contributed by atoms with Crippen LogP contribution in [0.3, 0.4) is 0 Å². The Morgan fingerprint density at radius 2 is 1.29 bits per heavy atom. The molecule has 1 unspecified atom stereocenters. The number of carbonyl (C=O) groups is 2. The number of anilines is 3. The number of rotatable bonds is 3. The van der Waals surface area contributed by atoms with Gasteiger partial charge < -0.3 is 9.64 Å². The lowest BCUT2D eigenvalue weighted by Gasteiger charge is -2.41. The number of fused-ring (bicyclic) bond motifs is 3. The van der Waals surface area contributed by atoms with Gasteiger partial charge in [-0.3, -0.25) is 9.59 Å². The van der Waals surface area contributed by atoms with Gasteiger partial charge in [-0.2, -0.15) is 0 Å². The van der Waals surface area contributed by atoms with Crippen LogP contribution < -0.4 is 20.0 Å². The molecule has 0 aromatic heterocycles. The summed E-state index contributed by atoms with van der Waals surface area (Å²) in [6, 6.07) is 29.9. The fourth-order valence-corrected chi connectivity index (χ4v) is 8.55. The van der Waals surface area contributed by atoms with Crippen LogP contribution in [0.25, 0.3) is 0 Å². The summed E-state index contributed by atoms with van der Waals surface area (Å²) < 4.78 is 5.23. The first-order valence-corrected chi connectivity index (χ1v) is 14.8. The van der Waals surface area contributed by atoms with Crippen molar-refractivity contribution in [3.8, 4) is 5.75 Å². The second-order valence-corrected chi connectivity index (χ2v) is 14.0. The highest BCUT2D eigenvalue weighted by Crippen LogP contribution is 2.41. The third-order valence-corrected chi connectivity index (χ3v) is 10.9. The van der Waals surface area contributed by atoms with Crippen LogP contribution >= 0.6 is 0 Å². The van der Waals surface area contributed by atoms with Gasteiger partial charge in [0.05, 0.1) is 7.11 Å². The van der Waals surface area contributed by atoms with Crippen molar-refractivity contribution < 1.29 is 14.3 Å². The minimum Gasteiger partial charge on any atom is -0.497 e. The fourth-order valence-electron chi connectivity index (χ4n) is 5.57. The lowest BCUT2D eigenvalue weighted by molar-refractivity contribution is 0.0890. The van der Waals surface area contributed by atoms with Crippen LogP contribution in [0.4, 0.5) is 17.1 Å². The highest BCUT2D eigenvalue weighted by molar-refractivity contribution is 7.02. The normalized spacial score (nSPS) is 17.6. The Bertz CT molecular complexity index is 1460. The second-order valence-electron chi connectivity index (χ2n) is 9.66. The van der Waals surface area contributed by atoms with Gasteiger partial charge >= 0.3 is 0 Å². The Morgan fingerprint density at radius 3 is 1.89 bits per heavy atom. The number of ketones is 2. The minimum atomic E-state index is -1.89. The monoisotopic (exact) mass is 475 g/mol. The first-order chi connectivity index (χ1) is 16.9. The van der Waals surface area contributed by atoms with Crippen molar-refractivity contribution in [3.05, 3.63) is 108 Å². The predicted octanol–water partition coefficient (Wildman–Crippen LogP) is 5.46. The van der Waals surface area contributed by atoms with Gasteiger partial charge in [0, 0.05) is 28.2 Å². The maximum atomic E-state index is 13.5. The van der Waals surface area contributed by atoms with E-state index in [1.54, 1.807) is 31.4 Å². The zero-order chi connectivity index (χ0) is 24.3. The Kier molecular flexibility index (Phi) is 4.80. The molecule has 0 N–H and O–H groups in total. The molecule has 4 aromatic carbocycles. The number of hydrogen-bond donors (Lipinski definition) is 0. The van der Waals surface area contributed by atoms with Crippen LogP contribution in [-0.4, -0.2) is 26.8 Å². The molecule has 1 atom stereocenters. The smallest absolute Gasteiger partial charge is 0.178 e. The number of Topliss-reactive ketones (excluding diaryl/α,β-unsaturated/α-hetero) is 2. The van der Waals surface area contributed by atoms with Crippen molar-refractivity contribution in [2.75, 3.05) is 12.0 Å². The summed E-state index contributed by atoms with van der Waals surface area (Å²) in [4.78, 5) is 29.0. The highest BCUT2D eigenvalue weighted by atomic mass is 28.3. The van der Waals surface area contributed by atoms with Gasteiger partial charge in [-0.05, 0) is 58.4 Å². The fraction of sp³-hybridized carbons (Fsp3) is 0.133. The number of nitrogens with zero attached hydrogens (tertiary/aromatic N) is 1. The molecule has 172 valence electrons. The summed E-state index contributed by atoms with van der Waals surface area (Å²) in [7, 11) is -0.291. The van der Waals surface area contributed by atoms with E-state index in [-0.39, 0.29) is 11.6 Å². The number of hydrogen-bond acceptors (Lipinski definition) is 4. The SMILES string of the molecule is COc1ccc(C2C(=O)c3ccc(N4c5ccccc5[Si](C)(C)c5ccccc54)cc3C2=O)cc1. The van der Waals surface area contributed by atoms with E-state index < -0.39 is 14.0 Å². The lowest BCUT2D eigenvalue weighted by atomic mass is 9.94. The highest BCUT2D eigenvalue weighted by Gasteiger charge is 2.42. The zero-order valence-corrected chi connectivity index (χ0v) is 20.9. The van der Waals surface area contributed by atoms with Crippen LogP contribution in [-0.2, 0) is 0 Å². The van der Waals surface area contributed by atoms with Gasteiger partial charge in [-0.1, -0.05) is 61.6 Å². The summed E-state index contributed by atoms with van der Waals surface area (Å²) in [5, 5.41) is 2.72. The van der Waals surface area contributed by atoms with Crippen molar-refractivity contribution in [1.29, 1.82) is 0 Å². The second kappa shape index (κ2) is 7.78. The first-order valence-electron chi connectivity index (χ1n) is 11.8. The maximum absolute atomic E-state index is 13.5. The summed E-state index contributed by atoms with van der Waals surface area (Å²) >= 11 is 0. The minimum absolute atomic E-state index is 0.144. The van der Waals surface area contributed by atoms with Crippen LogP contribution in [0.2, 0.25) is 13.1 Å². The van der Waals surface area contributed by atoms with Crippen molar-refractivity contribution in [2.24, 2.45) is 0 Å². The molecule has 35 heavy (non-hydrogen) atoms. The van der Waals surface area contributed by atoms with Crippen molar-refractivity contribution >= 4 is 47.1 Å². The van der Waals surface area contributed by atoms with Crippen LogP contribution in [0.5, 0.6) is 5.75 Å². The van der Waals surface area contributed by atoms with Crippen LogP contribution in [0.15, 0.2) is 91.0 Å². The standard InChI is InChI=1S/C30H25NO3Si/c1-34-21-15-12-19(13-16-21)28-29(32)22-17-14-20(18-23(22)30(28)33)31-24-8-4-6-10-26(24)35(2,3)27-11-7-5-9-25(27)31/h4-18,28H,1-3H3. The van der Waals surface area contributed by atoms with E-state index in [0.717, 1.165) is 17.1 Å². The molecule has 1 aliphatic heterocycles. The first kappa shape index (κ1) is 21.6. The Balaban J connectivity index is 1.48. The quantitative estimate of drug-likeness (QED) is 0.291. The molecule has 1 heterocycles. The topological polar surface area (TPSA) is 46.6 Å². The number of carbonyl (C=O) groups excluding carboxylic acids is 2. The van der Waals surface area contributed by atoms with E-state index in [1.807, 2.05) is 18.2 Å². The van der Waals surface area contributed by atoms with Gasteiger partial charge in [-0.25, -0.2) is 0 Å². The molecule has 0 radical (unpaired) electrons. The van der Waals surface area contributed by atoms with Crippen molar-refractivity contribution in [1.82, 2.24) is 0 Å². The van der Waals surface area contributed by atoms with Gasteiger partial charge in [0.1, 0.15) is 19.7 Å². The molecule has 0 saturated carbocycles. The molecule has 0 bridgehead atoms. The molecular formula is C30H25NO3Si.